The summed E-state index contributed by atoms with van der Waals surface area (Å²) < 4.78 is 5.29. The summed E-state index contributed by atoms with van der Waals surface area (Å²) >= 11 is 5.98. The van der Waals surface area contributed by atoms with E-state index in [0.717, 1.165) is 28.1 Å². The first-order valence-electron chi connectivity index (χ1n) is 8.48. The number of benzene rings is 2. The monoisotopic (exact) mass is 377 g/mol. The van der Waals surface area contributed by atoms with Crippen LogP contribution in [-0.4, -0.2) is 16.8 Å². The Bertz CT molecular complexity index is 1020. The Kier molecular flexibility index (Phi) is 4.85. The largest absolute Gasteiger partial charge is 0.444 e. The molecule has 0 unspecified atom stereocenters. The molecule has 1 aliphatic rings. The molecule has 3 aromatic rings. The van der Waals surface area contributed by atoms with Crippen molar-refractivity contribution in [3.63, 3.8) is 0 Å². The highest BCUT2D eigenvalue weighted by Crippen LogP contribution is 2.36. The standard InChI is InChI=1S/C21H16ClN3O2/c22-19-12-15(9-10-23-19)18-11-16-7-4-8-17(20(16)24-18)25-21(26)27-13-14-5-2-1-3-6-14/h1-10,12H,11,13H2,(H,25,26). The number of para-hydroxylation sites is 1. The lowest BCUT2D eigenvalue weighted by molar-refractivity contribution is 0.155. The number of aliphatic imine (C=N–C) groups is 1. The first-order valence-corrected chi connectivity index (χ1v) is 8.86. The topological polar surface area (TPSA) is 63.6 Å². The van der Waals surface area contributed by atoms with Crippen LogP contribution in [0.15, 0.2) is 71.9 Å². The Labute approximate surface area is 161 Å². The average molecular weight is 378 g/mol. The molecule has 0 fully saturated rings. The molecule has 0 aliphatic carbocycles. The van der Waals surface area contributed by atoms with Crippen molar-refractivity contribution in [3.8, 4) is 0 Å². The summed E-state index contributed by atoms with van der Waals surface area (Å²) in [6.45, 7) is 0.214. The first-order chi connectivity index (χ1) is 13.2. The van der Waals surface area contributed by atoms with Crippen molar-refractivity contribution >= 4 is 34.8 Å². The van der Waals surface area contributed by atoms with E-state index >= 15 is 0 Å². The minimum absolute atomic E-state index is 0.214. The van der Waals surface area contributed by atoms with Crippen molar-refractivity contribution in [2.45, 2.75) is 13.0 Å². The number of carbonyl (C=O) groups excluding carboxylic acids is 1. The molecular weight excluding hydrogens is 362 g/mol. The van der Waals surface area contributed by atoms with Crippen LogP contribution < -0.4 is 5.32 Å². The third-order valence-electron chi connectivity index (χ3n) is 4.23. The van der Waals surface area contributed by atoms with Gasteiger partial charge in [0.15, 0.2) is 0 Å². The van der Waals surface area contributed by atoms with E-state index in [1.54, 1.807) is 12.3 Å². The fraction of sp³-hybridized carbons (Fsp3) is 0.0952. The summed E-state index contributed by atoms with van der Waals surface area (Å²) in [4.78, 5) is 20.9. The highest BCUT2D eigenvalue weighted by atomic mass is 35.5. The summed E-state index contributed by atoms with van der Waals surface area (Å²) in [5.41, 5.74) is 5.16. The maximum absolute atomic E-state index is 12.2. The zero-order valence-electron chi connectivity index (χ0n) is 14.4. The molecule has 0 saturated carbocycles. The number of carbonyl (C=O) groups is 1. The van der Waals surface area contributed by atoms with E-state index in [0.29, 0.717) is 17.3 Å². The van der Waals surface area contributed by atoms with E-state index in [9.17, 15) is 4.79 Å². The molecule has 27 heavy (non-hydrogen) atoms. The molecule has 5 nitrogen and oxygen atoms in total. The average Bonchev–Trinajstić information content (AvgIpc) is 3.13. The Morgan fingerprint density at radius 2 is 1.96 bits per heavy atom. The maximum Gasteiger partial charge on any atom is 0.412 e. The zero-order valence-corrected chi connectivity index (χ0v) is 15.1. The van der Waals surface area contributed by atoms with Crippen LogP contribution in [0, 0.1) is 0 Å². The van der Waals surface area contributed by atoms with Gasteiger partial charge in [-0.25, -0.2) is 14.8 Å². The Balaban J connectivity index is 1.49. The number of amides is 1. The van der Waals surface area contributed by atoms with Gasteiger partial charge in [-0.15, -0.1) is 0 Å². The quantitative estimate of drug-likeness (QED) is 0.638. The highest BCUT2D eigenvalue weighted by Gasteiger charge is 2.20. The van der Waals surface area contributed by atoms with E-state index in [1.807, 2.05) is 54.6 Å². The number of aromatic nitrogens is 1. The molecule has 0 radical (unpaired) electrons. The van der Waals surface area contributed by atoms with Crippen molar-refractivity contribution in [3.05, 3.63) is 88.7 Å². The Hall–Kier alpha value is -3.18. The number of anilines is 1. The van der Waals surface area contributed by atoms with Crippen molar-refractivity contribution in [2.24, 2.45) is 4.99 Å². The van der Waals surface area contributed by atoms with Gasteiger partial charge in [0.25, 0.3) is 0 Å². The number of nitrogens with one attached hydrogen (secondary N) is 1. The van der Waals surface area contributed by atoms with Crippen molar-refractivity contribution in [1.82, 2.24) is 4.98 Å². The summed E-state index contributed by atoms with van der Waals surface area (Å²) in [7, 11) is 0. The second-order valence-corrected chi connectivity index (χ2v) is 6.49. The second-order valence-electron chi connectivity index (χ2n) is 6.10. The number of hydrogen-bond donors (Lipinski definition) is 1. The number of fused-ring (bicyclic) bond motifs is 1. The number of pyridine rings is 1. The van der Waals surface area contributed by atoms with Gasteiger partial charge in [-0.2, -0.15) is 0 Å². The van der Waals surface area contributed by atoms with Crippen LogP contribution in [0.4, 0.5) is 16.2 Å². The van der Waals surface area contributed by atoms with Gasteiger partial charge < -0.3 is 4.74 Å². The first kappa shape index (κ1) is 17.2. The second kappa shape index (κ2) is 7.60. The number of ether oxygens (including phenoxy) is 1. The summed E-state index contributed by atoms with van der Waals surface area (Å²) in [5, 5.41) is 3.21. The molecule has 2 heterocycles. The van der Waals surface area contributed by atoms with Crippen LogP contribution in [0.5, 0.6) is 0 Å². The van der Waals surface area contributed by atoms with Gasteiger partial charge in [0, 0.05) is 18.2 Å². The van der Waals surface area contributed by atoms with Gasteiger partial charge in [0.1, 0.15) is 11.8 Å². The van der Waals surface area contributed by atoms with E-state index in [2.05, 4.69) is 10.3 Å². The van der Waals surface area contributed by atoms with Crippen LogP contribution in [0.25, 0.3) is 0 Å². The third-order valence-corrected chi connectivity index (χ3v) is 4.44. The number of hydrogen-bond acceptors (Lipinski definition) is 4. The van der Waals surface area contributed by atoms with Gasteiger partial charge in [-0.3, -0.25) is 5.32 Å². The molecule has 0 spiro atoms. The fourth-order valence-corrected chi connectivity index (χ4v) is 3.11. The lowest BCUT2D eigenvalue weighted by Gasteiger charge is -2.09. The molecule has 0 saturated heterocycles. The normalized spacial score (nSPS) is 12.3. The van der Waals surface area contributed by atoms with Crippen molar-refractivity contribution in [2.75, 3.05) is 5.32 Å². The van der Waals surface area contributed by atoms with Crippen LogP contribution >= 0.6 is 11.6 Å². The lowest BCUT2D eigenvalue weighted by atomic mass is 10.0. The fourth-order valence-electron chi connectivity index (χ4n) is 2.94. The van der Waals surface area contributed by atoms with Gasteiger partial charge >= 0.3 is 6.09 Å². The minimum atomic E-state index is -0.511. The molecule has 0 bridgehead atoms. The molecular formula is C21H16ClN3O2. The molecule has 134 valence electrons. The number of halogens is 1. The van der Waals surface area contributed by atoms with Crippen LogP contribution in [-0.2, 0) is 17.8 Å². The van der Waals surface area contributed by atoms with Gasteiger partial charge in [0.05, 0.1) is 17.1 Å². The maximum atomic E-state index is 12.2. The number of rotatable bonds is 4. The van der Waals surface area contributed by atoms with Crippen molar-refractivity contribution in [1.29, 1.82) is 0 Å². The summed E-state index contributed by atoms with van der Waals surface area (Å²) in [5.74, 6) is 0. The van der Waals surface area contributed by atoms with E-state index in [-0.39, 0.29) is 6.61 Å². The Morgan fingerprint density at radius 1 is 1.11 bits per heavy atom. The van der Waals surface area contributed by atoms with Crippen molar-refractivity contribution < 1.29 is 9.53 Å². The molecule has 1 N–H and O–H groups in total. The molecule has 4 rings (SSSR count). The molecule has 1 amide bonds. The van der Waals surface area contributed by atoms with Gasteiger partial charge in [0.2, 0.25) is 0 Å². The van der Waals surface area contributed by atoms with E-state index in [1.165, 1.54) is 0 Å². The lowest BCUT2D eigenvalue weighted by Crippen LogP contribution is -2.13. The van der Waals surface area contributed by atoms with E-state index in [4.69, 9.17) is 21.3 Å². The SMILES string of the molecule is O=C(Nc1cccc2c1N=C(c1ccnc(Cl)c1)C2)OCc1ccccc1. The summed E-state index contributed by atoms with van der Waals surface area (Å²) in [6.07, 6.45) is 1.82. The molecule has 0 atom stereocenters. The van der Waals surface area contributed by atoms with Gasteiger partial charge in [-0.05, 0) is 29.3 Å². The van der Waals surface area contributed by atoms with Crippen LogP contribution in [0.1, 0.15) is 16.7 Å². The zero-order chi connectivity index (χ0) is 18.6. The summed E-state index contributed by atoms with van der Waals surface area (Å²) in [6, 6.07) is 18.9. The predicted octanol–water partition coefficient (Wildman–Crippen LogP) is 5.16. The molecule has 2 aromatic carbocycles. The smallest absolute Gasteiger partial charge is 0.412 e. The highest BCUT2D eigenvalue weighted by molar-refractivity contribution is 6.29. The van der Waals surface area contributed by atoms with E-state index < -0.39 is 6.09 Å². The predicted molar refractivity (Wildman–Crippen MR) is 106 cm³/mol. The molecule has 1 aliphatic heterocycles. The minimum Gasteiger partial charge on any atom is -0.444 e. The Morgan fingerprint density at radius 3 is 2.78 bits per heavy atom. The third kappa shape index (κ3) is 3.99. The molecule has 1 aromatic heterocycles. The molecule has 6 heteroatoms. The van der Waals surface area contributed by atoms with Gasteiger partial charge in [-0.1, -0.05) is 54.1 Å². The van der Waals surface area contributed by atoms with Crippen LogP contribution in [0.2, 0.25) is 5.15 Å². The number of nitrogens with zero attached hydrogens (tertiary/aromatic N) is 2. The van der Waals surface area contributed by atoms with Crippen LogP contribution in [0.3, 0.4) is 0 Å².